The van der Waals surface area contributed by atoms with Gasteiger partial charge in [0.2, 0.25) is 0 Å². The van der Waals surface area contributed by atoms with E-state index in [1.54, 1.807) is 11.3 Å². The van der Waals surface area contributed by atoms with E-state index in [-0.39, 0.29) is 0 Å². The van der Waals surface area contributed by atoms with Gasteiger partial charge in [0, 0.05) is 34.2 Å². The van der Waals surface area contributed by atoms with E-state index in [9.17, 15) is 0 Å². The molecule has 0 radical (unpaired) electrons. The highest BCUT2D eigenvalue weighted by Gasteiger charge is 2.23. The minimum Gasteiger partial charge on any atom is -0.494 e. The minimum atomic E-state index is 0.618. The maximum atomic E-state index is 6.43. The first-order valence-corrected chi connectivity index (χ1v) is 10.5. The van der Waals surface area contributed by atoms with Crippen LogP contribution >= 0.6 is 34.5 Å². The average molecular weight is 418 g/mol. The molecule has 0 atom stereocenters. The zero-order valence-electron chi connectivity index (χ0n) is 14.7. The number of thiazole rings is 1. The van der Waals surface area contributed by atoms with Gasteiger partial charge in [-0.25, -0.2) is 4.98 Å². The van der Waals surface area contributed by atoms with E-state index in [0.29, 0.717) is 11.6 Å². The molecular formula is C20H17Cl2N3OS. The van der Waals surface area contributed by atoms with Crippen molar-refractivity contribution in [3.05, 3.63) is 51.6 Å². The van der Waals surface area contributed by atoms with Crippen molar-refractivity contribution in [2.24, 2.45) is 0 Å². The lowest BCUT2D eigenvalue weighted by Crippen LogP contribution is -2.29. The lowest BCUT2D eigenvalue weighted by Gasteiger charge is -2.26. The van der Waals surface area contributed by atoms with Crippen LogP contribution in [0.15, 0.2) is 30.3 Å². The van der Waals surface area contributed by atoms with Crippen molar-refractivity contribution in [1.82, 2.24) is 9.97 Å². The van der Waals surface area contributed by atoms with Crippen molar-refractivity contribution in [1.29, 1.82) is 0 Å². The number of benzene rings is 2. The zero-order chi connectivity index (χ0) is 18.5. The van der Waals surface area contributed by atoms with Gasteiger partial charge >= 0.3 is 0 Å². The molecule has 0 saturated heterocycles. The van der Waals surface area contributed by atoms with Gasteiger partial charge in [-0.1, -0.05) is 34.5 Å². The molecule has 1 aliphatic heterocycles. The predicted molar refractivity (Wildman–Crippen MR) is 114 cm³/mol. The second-order valence-electron chi connectivity index (χ2n) is 6.62. The van der Waals surface area contributed by atoms with Crippen molar-refractivity contribution < 1.29 is 4.74 Å². The Kier molecular flexibility index (Phi) is 4.19. The van der Waals surface area contributed by atoms with E-state index in [4.69, 9.17) is 32.9 Å². The summed E-state index contributed by atoms with van der Waals surface area (Å²) in [5, 5.41) is 3.63. The maximum Gasteiger partial charge on any atom is 0.186 e. The lowest BCUT2D eigenvalue weighted by atomic mass is 10.0. The van der Waals surface area contributed by atoms with Gasteiger partial charge < -0.3 is 14.6 Å². The number of nitrogens with one attached hydrogen (secondary N) is 1. The molecule has 0 amide bonds. The normalized spacial score (nSPS) is 14.1. The predicted octanol–water partition coefficient (Wildman–Crippen LogP) is 6.05. The van der Waals surface area contributed by atoms with Crippen LogP contribution in [-0.2, 0) is 13.0 Å². The molecule has 3 heterocycles. The number of hydrogen-bond acceptors (Lipinski definition) is 4. The Bertz CT molecular complexity index is 1170. The van der Waals surface area contributed by atoms with Gasteiger partial charge in [-0.2, -0.15) is 0 Å². The third-order valence-corrected chi connectivity index (χ3v) is 6.52. The van der Waals surface area contributed by atoms with E-state index >= 15 is 0 Å². The van der Waals surface area contributed by atoms with Crippen LogP contribution in [0.1, 0.15) is 18.2 Å². The molecule has 0 spiro atoms. The summed E-state index contributed by atoms with van der Waals surface area (Å²) >= 11 is 14.3. The first kappa shape index (κ1) is 17.2. The number of ether oxygens (including phenoxy) is 1. The SMILES string of the molecule is CCOc1cc(Cl)c2nc(N3CCc4c([nH]c5ccc(Cl)cc45)C3)sc2c1. The number of anilines is 1. The number of fused-ring (bicyclic) bond motifs is 4. The van der Waals surface area contributed by atoms with Gasteiger partial charge in [0.25, 0.3) is 0 Å². The second-order valence-corrected chi connectivity index (χ2v) is 8.48. The van der Waals surface area contributed by atoms with Gasteiger partial charge in [-0.3, -0.25) is 0 Å². The number of aromatic amines is 1. The summed E-state index contributed by atoms with van der Waals surface area (Å²) in [5.74, 6) is 0.790. The Morgan fingerprint density at radius 2 is 2.15 bits per heavy atom. The van der Waals surface area contributed by atoms with Crippen molar-refractivity contribution in [2.45, 2.75) is 19.9 Å². The van der Waals surface area contributed by atoms with Crippen molar-refractivity contribution >= 4 is 60.8 Å². The largest absolute Gasteiger partial charge is 0.494 e. The third kappa shape index (κ3) is 2.94. The fraction of sp³-hybridized carbons (Fsp3) is 0.250. The highest BCUT2D eigenvalue weighted by atomic mass is 35.5. The fourth-order valence-electron chi connectivity index (χ4n) is 3.71. The summed E-state index contributed by atoms with van der Waals surface area (Å²) in [4.78, 5) is 10.7. The van der Waals surface area contributed by atoms with Gasteiger partial charge in [-0.05, 0) is 43.2 Å². The summed E-state index contributed by atoms with van der Waals surface area (Å²) in [6, 6.07) is 9.88. The zero-order valence-corrected chi connectivity index (χ0v) is 17.0. The van der Waals surface area contributed by atoms with Gasteiger partial charge in [0.15, 0.2) is 5.13 Å². The average Bonchev–Trinajstić information content (AvgIpc) is 3.23. The van der Waals surface area contributed by atoms with Crippen LogP contribution in [0.4, 0.5) is 5.13 Å². The summed E-state index contributed by atoms with van der Waals surface area (Å²) in [7, 11) is 0. The van der Waals surface area contributed by atoms with E-state index in [1.165, 1.54) is 16.6 Å². The van der Waals surface area contributed by atoms with Crippen LogP contribution in [0, 0.1) is 0 Å². The highest BCUT2D eigenvalue weighted by molar-refractivity contribution is 7.22. The number of rotatable bonds is 3. The highest BCUT2D eigenvalue weighted by Crippen LogP contribution is 2.38. The van der Waals surface area contributed by atoms with Crippen LogP contribution in [0.25, 0.3) is 21.1 Å². The summed E-state index contributed by atoms with van der Waals surface area (Å²) < 4.78 is 6.66. The van der Waals surface area contributed by atoms with Crippen molar-refractivity contribution in [3.63, 3.8) is 0 Å². The maximum absolute atomic E-state index is 6.43. The Morgan fingerprint density at radius 1 is 1.26 bits per heavy atom. The molecule has 138 valence electrons. The van der Waals surface area contributed by atoms with Crippen LogP contribution in [-0.4, -0.2) is 23.1 Å². The standard InChI is InChI=1S/C20H17Cl2N3OS/c1-2-26-12-8-15(22)19-18(9-12)27-20(24-19)25-6-5-13-14-7-11(21)3-4-16(14)23-17(13)10-25/h3-4,7-9,23H,2,5-6,10H2,1H3. The molecule has 0 aliphatic carbocycles. The molecule has 0 unspecified atom stereocenters. The molecule has 1 N–H and O–H groups in total. The monoisotopic (exact) mass is 417 g/mol. The molecule has 0 saturated carbocycles. The number of hydrogen-bond donors (Lipinski definition) is 1. The molecule has 1 aliphatic rings. The Labute approximate surface area is 170 Å². The van der Waals surface area contributed by atoms with Gasteiger partial charge in [-0.15, -0.1) is 0 Å². The molecule has 5 rings (SSSR count). The topological polar surface area (TPSA) is 41.1 Å². The van der Waals surface area contributed by atoms with E-state index < -0.39 is 0 Å². The quantitative estimate of drug-likeness (QED) is 0.441. The first-order valence-electron chi connectivity index (χ1n) is 8.89. The molecule has 4 aromatic rings. The fourth-order valence-corrected chi connectivity index (χ4v) is 5.24. The Balaban J connectivity index is 1.51. The lowest BCUT2D eigenvalue weighted by molar-refractivity contribution is 0.341. The van der Waals surface area contributed by atoms with Gasteiger partial charge in [0.05, 0.1) is 22.9 Å². The molecule has 7 heteroatoms. The molecule has 2 aromatic heterocycles. The van der Waals surface area contributed by atoms with Crippen LogP contribution in [0.5, 0.6) is 5.75 Å². The molecule has 4 nitrogen and oxygen atoms in total. The van der Waals surface area contributed by atoms with Gasteiger partial charge in [0.1, 0.15) is 11.3 Å². The third-order valence-electron chi connectivity index (χ3n) is 4.93. The summed E-state index contributed by atoms with van der Waals surface area (Å²) in [5.41, 5.74) is 4.58. The molecule has 0 bridgehead atoms. The van der Waals surface area contributed by atoms with E-state index in [1.807, 2.05) is 31.2 Å². The van der Waals surface area contributed by atoms with Crippen LogP contribution in [0.3, 0.4) is 0 Å². The van der Waals surface area contributed by atoms with Crippen molar-refractivity contribution in [3.8, 4) is 5.75 Å². The number of aromatic nitrogens is 2. The smallest absolute Gasteiger partial charge is 0.186 e. The van der Waals surface area contributed by atoms with Crippen LogP contribution < -0.4 is 9.64 Å². The van der Waals surface area contributed by atoms with E-state index in [2.05, 4.69) is 16.0 Å². The molecule has 27 heavy (non-hydrogen) atoms. The molecule has 0 fully saturated rings. The minimum absolute atomic E-state index is 0.618. The number of halogens is 2. The van der Waals surface area contributed by atoms with Crippen molar-refractivity contribution in [2.75, 3.05) is 18.1 Å². The number of H-pyrrole nitrogens is 1. The second kappa shape index (κ2) is 6.59. The summed E-state index contributed by atoms with van der Waals surface area (Å²) in [6.07, 6.45) is 0.962. The summed E-state index contributed by atoms with van der Waals surface area (Å²) in [6.45, 7) is 4.31. The number of nitrogens with zero attached hydrogens (tertiary/aromatic N) is 2. The Hall–Kier alpha value is -1.95. The molecular weight excluding hydrogens is 401 g/mol. The van der Waals surface area contributed by atoms with Crippen LogP contribution in [0.2, 0.25) is 10.0 Å². The Morgan fingerprint density at radius 3 is 3.00 bits per heavy atom. The van der Waals surface area contributed by atoms with E-state index in [0.717, 1.165) is 51.1 Å². The first-order chi connectivity index (χ1) is 13.1. The molecule has 2 aromatic carbocycles.